The Morgan fingerprint density at radius 2 is 2.33 bits per heavy atom. The average molecular weight is 267 g/mol. The third-order valence-electron chi connectivity index (χ3n) is 2.38. The number of nitrogens with zero attached hydrogens (tertiary/aromatic N) is 1. The van der Waals surface area contributed by atoms with Gasteiger partial charge in [0.05, 0.1) is 17.0 Å². The molecular formula is C13H15ClN2O2. The first-order chi connectivity index (χ1) is 8.86. The van der Waals surface area contributed by atoms with Crippen LogP contribution in [0.1, 0.15) is 12.2 Å². The van der Waals surface area contributed by atoms with E-state index in [0.29, 0.717) is 18.2 Å². The molecule has 0 atom stereocenters. The SMILES string of the molecule is Clc1cnccc1NCCCOCc1ccco1. The van der Waals surface area contributed by atoms with E-state index in [1.54, 1.807) is 18.7 Å². The zero-order valence-electron chi connectivity index (χ0n) is 9.93. The van der Waals surface area contributed by atoms with Crippen molar-refractivity contribution < 1.29 is 9.15 Å². The molecule has 0 amide bonds. The summed E-state index contributed by atoms with van der Waals surface area (Å²) in [4.78, 5) is 3.92. The summed E-state index contributed by atoms with van der Waals surface area (Å²) < 4.78 is 10.6. The van der Waals surface area contributed by atoms with Crippen LogP contribution in [-0.4, -0.2) is 18.1 Å². The molecule has 5 heteroatoms. The number of halogens is 1. The topological polar surface area (TPSA) is 47.3 Å². The van der Waals surface area contributed by atoms with Crippen molar-refractivity contribution in [1.82, 2.24) is 4.98 Å². The fourth-order valence-electron chi connectivity index (χ4n) is 1.48. The molecule has 2 aromatic rings. The number of hydrogen-bond donors (Lipinski definition) is 1. The minimum Gasteiger partial charge on any atom is -0.467 e. The van der Waals surface area contributed by atoms with Gasteiger partial charge in [-0.2, -0.15) is 0 Å². The first-order valence-corrected chi connectivity index (χ1v) is 6.17. The first-order valence-electron chi connectivity index (χ1n) is 5.80. The number of hydrogen-bond acceptors (Lipinski definition) is 4. The van der Waals surface area contributed by atoms with E-state index in [4.69, 9.17) is 20.8 Å². The molecule has 0 aromatic carbocycles. The Hall–Kier alpha value is -1.52. The smallest absolute Gasteiger partial charge is 0.129 e. The number of rotatable bonds is 7. The highest BCUT2D eigenvalue weighted by atomic mass is 35.5. The van der Waals surface area contributed by atoms with Gasteiger partial charge in [0.1, 0.15) is 12.4 Å². The fraction of sp³-hybridized carbons (Fsp3) is 0.308. The summed E-state index contributed by atoms with van der Waals surface area (Å²) in [5.41, 5.74) is 0.901. The van der Waals surface area contributed by atoms with Crippen LogP contribution in [0.15, 0.2) is 41.3 Å². The summed E-state index contributed by atoms with van der Waals surface area (Å²) in [6.07, 6.45) is 5.88. The van der Waals surface area contributed by atoms with Crippen molar-refractivity contribution in [3.05, 3.63) is 47.6 Å². The number of pyridine rings is 1. The Kier molecular flexibility index (Phi) is 5.05. The van der Waals surface area contributed by atoms with Gasteiger partial charge in [0, 0.05) is 25.5 Å². The third kappa shape index (κ3) is 4.05. The molecule has 2 heterocycles. The maximum Gasteiger partial charge on any atom is 0.129 e. The predicted octanol–water partition coefficient (Wildman–Crippen LogP) is 3.35. The summed E-state index contributed by atoms with van der Waals surface area (Å²) in [7, 11) is 0. The van der Waals surface area contributed by atoms with Gasteiger partial charge in [-0.1, -0.05) is 11.6 Å². The van der Waals surface area contributed by atoms with Crippen LogP contribution in [0.4, 0.5) is 5.69 Å². The third-order valence-corrected chi connectivity index (χ3v) is 2.68. The summed E-state index contributed by atoms with van der Waals surface area (Å²) >= 11 is 5.96. The molecule has 0 aliphatic heterocycles. The van der Waals surface area contributed by atoms with Crippen molar-refractivity contribution >= 4 is 17.3 Å². The maximum absolute atomic E-state index is 5.96. The highest BCUT2D eigenvalue weighted by molar-refractivity contribution is 6.33. The number of aromatic nitrogens is 1. The summed E-state index contributed by atoms with van der Waals surface area (Å²) in [6, 6.07) is 5.60. The van der Waals surface area contributed by atoms with E-state index in [9.17, 15) is 0 Å². The number of anilines is 1. The Balaban J connectivity index is 1.58. The van der Waals surface area contributed by atoms with Gasteiger partial charge >= 0.3 is 0 Å². The molecule has 0 radical (unpaired) electrons. The minimum atomic E-state index is 0.517. The molecule has 0 aliphatic rings. The number of ether oxygens (including phenoxy) is 1. The van der Waals surface area contributed by atoms with Gasteiger partial charge in [-0.05, 0) is 24.6 Å². The highest BCUT2D eigenvalue weighted by Crippen LogP contribution is 2.18. The van der Waals surface area contributed by atoms with Crippen LogP contribution in [0, 0.1) is 0 Å². The summed E-state index contributed by atoms with van der Waals surface area (Å²) in [6.45, 7) is 2.00. The Labute approximate surface area is 111 Å². The van der Waals surface area contributed by atoms with Crippen molar-refractivity contribution in [2.24, 2.45) is 0 Å². The molecule has 2 rings (SSSR count). The molecule has 2 aromatic heterocycles. The molecule has 0 spiro atoms. The van der Waals surface area contributed by atoms with E-state index < -0.39 is 0 Å². The zero-order chi connectivity index (χ0) is 12.6. The van der Waals surface area contributed by atoms with Crippen LogP contribution in [0.5, 0.6) is 0 Å². The standard InChI is InChI=1S/C13H15ClN2O2/c14-12-9-15-6-4-13(12)16-5-2-7-17-10-11-3-1-8-18-11/h1,3-4,6,8-9H,2,5,7,10H2,(H,15,16). The molecule has 0 aliphatic carbocycles. The van der Waals surface area contributed by atoms with Crippen LogP contribution in [0.25, 0.3) is 0 Å². The zero-order valence-corrected chi connectivity index (χ0v) is 10.7. The Morgan fingerprint density at radius 3 is 3.11 bits per heavy atom. The van der Waals surface area contributed by atoms with Crippen LogP contribution in [0.3, 0.4) is 0 Å². The lowest BCUT2D eigenvalue weighted by Gasteiger charge is -2.07. The van der Waals surface area contributed by atoms with Crippen molar-refractivity contribution in [3.8, 4) is 0 Å². The molecule has 18 heavy (non-hydrogen) atoms. The van der Waals surface area contributed by atoms with E-state index in [1.807, 2.05) is 18.2 Å². The second-order valence-corrected chi connectivity index (χ2v) is 4.18. The van der Waals surface area contributed by atoms with Gasteiger partial charge in [-0.15, -0.1) is 0 Å². The second-order valence-electron chi connectivity index (χ2n) is 3.77. The number of furan rings is 1. The first kappa shape index (κ1) is 12.9. The molecule has 0 bridgehead atoms. The molecule has 4 nitrogen and oxygen atoms in total. The average Bonchev–Trinajstić information content (AvgIpc) is 2.89. The van der Waals surface area contributed by atoms with Crippen LogP contribution in [-0.2, 0) is 11.3 Å². The lowest BCUT2D eigenvalue weighted by molar-refractivity contribution is 0.106. The highest BCUT2D eigenvalue weighted by Gasteiger charge is 1.98. The van der Waals surface area contributed by atoms with E-state index >= 15 is 0 Å². The molecule has 0 saturated heterocycles. The molecule has 0 saturated carbocycles. The van der Waals surface area contributed by atoms with E-state index in [2.05, 4.69) is 10.3 Å². The molecular weight excluding hydrogens is 252 g/mol. The van der Waals surface area contributed by atoms with Gasteiger partial charge in [0.25, 0.3) is 0 Å². The van der Waals surface area contributed by atoms with Crippen LogP contribution >= 0.6 is 11.6 Å². The van der Waals surface area contributed by atoms with Gasteiger partial charge in [0.2, 0.25) is 0 Å². The monoisotopic (exact) mass is 266 g/mol. The van der Waals surface area contributed by atoms with Crippen molar-refractivity contribution in [2.45, 2.75) is 13.0 Å². The molecule has 96 valence electrons. The van der Waals surface area contributed by atoms with Crippen molar-refractivity contribution in [1.29, 1.82) is 0 Å². The quantitative estimate of drug-likeness (QED) is 0.781. The normalized spacial score (nSPS) is 10.5. The van der Waals surface area contributed by atoms with Gasteiger partial charge in [0.15, 0.2) is 0 Å². The molecule has 0 unspecified atom stereocenters. The van der Waals surface area contributed by atoms with Crippen LogP contribution in [0.2, 0.25) is 5.02 Å². The van der Waals surface area contributed by atoms with Gasteiger partial charge in [-0.25, -0.2) is 0 Å². The minimum absolute atomic E-state index is 0.517. The fourth-order valence-corrected chi connectivity index (χ4v) is 1.67. The van der Waals surface area contributed by atoms with Crippen molar-refractivity contribution in [3.63, 3.8) is 0 Å². The maximum atomic E-state index is 5.96. The Morgan fingerprint density at radius 1 is 1.39 bits per heavy atom. The summed E-state index contributed by atoms with van der Waals surface area (Å²) in [5.74, 6) is 0.847. The van der Waals surface area contributed by atoms with E-state index in [-0.39, 0.29) is 0 Å². The molecule has 0 fully saturated rings. The van der Waals surface area contributed by atoms with E-state index in [1.165, 1.54) is 0 Å². The lowest BCUT2D eigenvalue weighted by Crippen LogP contribution is -2.06. The van der Waals surface area contributed by atoms with E-state index in [0.717, 1.165) is 24.4 Å². The van der Waals surface area contributed by atoms with Crippen LogP contribution < -0.4 is 5.32 Å². The Bertz CT molecular complexity index is 460. The van der Waals surface area contributed by atoms with Gasteiger partial charge in [-0.3, -0.25) is 4.98 Å². The lowest BCUT2D eigenvalue weighted by atomic mass is 10.3. The molecule has 1 N–H and O–H groups in total. The predicted molar refractivity (Wildman–Crippen MR) is 70.7 cm³/mol. The van der Waals surface area contributed by atoms with Crippen molar-refractivity contribution in [2.75, 3.05) is 18.5 Å². The summed E-state index contributed by atoms with van der Waals surface area (Å²) in [5, 5.41) is 3.86. The largest absolute Gasteiger partial charge is 0.467 e. The second kappa shape index (κ2) is 7.03. The number of nitrogens with one attached hydrogen (secondary N) is 1. The van der Waals surface area contributed by atoms with Gasteiger partial charge < -0.3 is 14.5 Å².